The minimum Gasteiger partial charge on any atom is -0.294 e. The Hall–Kier alpha value is -0.880. The van der Waals surface area contributed by atoms with E-state index in [1.807, 2.05) is 23.9 Å². The van der Waals surface area contributed by atoms with Gasteiger partial charge in [0.1, 0.15) is 0 Å². The zero-order valence-corrected chi connectivity index (χ0v) is 12.8. The number of rotatable bonds is 4. The van der Waals surface area contributed by atoms with Crippen molar-refractivity contribution >= 4 is 40.0 Å². The molecule has 0 bridgehead atoms. The molecule has 2 rings (SSSR count). The maximum atomic E-state index is 12.2. The lowest BCUT2D eigenvalue weighted by molar-refractivity contribution is 0.0992. The number of hydrogen-bond acceptors (Lipinski definition) is 2. The predicted molar refractivity (Wildman–Crippen MR) is 80.1 cm³/mol. The lowest BCUT2D eigenvalue weighted by Gasteiger charge is -2.03. The number of hydrogen-bond donors (Lipinski definition) is 0. The summed E-state index contributed by atoms with van der Waals surface area (Å²) in [4.78, 5) is 12.2. The Labute approximate surface area is 124 Å². The van der Waals surface area contributed by atoms with Crippen LogP contribution in [0.15, 0.2) is 30.6 Å². The lowest BCUT2D eigenvalue weighted by Crippen LogP contribution is -2.05. The van der Waals surface area contributed by atoms with E-state index in [0.717, 1.165) is 15.7 Å². The molecule has 3 nitrogen and oxygen atoms in total. The van der Waals surface area contributed by atoms with Gasteiger partial charge in [-0.05, 0) is 53.3 Å². The van der Waals surface area contributed by atoms with Gasteiger partial charge in [0.2, 0.25) is 0 Å². The Morgan fingerprint density at radius 2 is 2.28 bits per heavy atom. The normalized spacial score (nSPS) is 10.6. The maximum Gasteiger partial charge on any atom is 0.168 e. The second kappa shape index (κ2) is 5.84. The Morgan fingerprint density at radius 1 is 1.50 bits per heavy atom. The minimum atomic E-state index is 0.0672. The molecule has 1 aromatic heterocycles. The third-order valence-electron chi connectivity index (χ3n) is 2.60. The number of halogens is 2. The van der Waals surface area contributed by atoms with Gasteiger partial charge in [-0.2, -0.15) is 5.10 Å². The van der Waals surface area contributed by atoms with Gasteiger partial charge in [-0.15, -0.1) is 0 Å². The Kier molecular flexibility index (Phi) is 4.40. The van der Waals surface area contributed by atoms with Gasteiger partial charge in [0, 0.05) is 33.3 Å². The van der Waals surface area contributed by atoms with E-state index in [9.17, 15) is 4.79 Å². The molecule has 0 spiro atoms. The Bertz CT molecular complexity index is 580. The highest BCUT2D eigenvalue weighted by molar-refractivity contribution is 14.1. The van der Waals surface area contributed by atoms with E-state index in [1.165, 1.54) is 0 Å². The van der Waals surface area contributed by atoms with Crippen LogP contribution in [-0.2, 0) is 13.0 Å². The SMILES string of the molecule is CCn1cc(CC(=O)c2cc(Cl)ccc2I)cn1. The van der Waals surface area contributed by atoms with Gasteiger partial charge in [0.15, 0.2) is 5.78 Å². The van der Waals surface area contributed by atoms with Crippen LogP contribution in [0.2, 0.25) is 5.02 Å². The molecule has 0 unspecified atom stereocenters. The molecule has 0 aliphatic rings. The van der Waals surface area contributed by atoms with Gasteiger partial charge in [0.25, 0.3) is 0 Å². The van der Waals surface area contributed by atoms with Gasteiger partial charge in [-0.25, -0.2) is 0 Å². The van der Waals surface area contributed by atoms with Gasteiger partial charge >= 0.3 is 0 Å². The molecule has 5 heteroatoms. The second-order valence-electron chi connectivity index (χ2n) is 3.93. The van der Waals surface area contributed by atoms with Crippen molar-refractivity contribution in [3.63, 3.8) is 0 Å². The van der Waals surface area contributed by atoms with Crippen LogP contribution in [0.5, 0.6) is 0 Å². The number of carbonyl (C=O) groups is 1. The molecule has 1 aromatic carbocycles. The van der Waals surface area contributed by atoms with Crippen LogP contribution in [0, 0.1) is 3.57 Å². The summed E-state index contributed by atoms with van der Waals surface area (Å²) >= 11 is 8.07. The molecule has 0 aliphatic heterocycles. The van der Waals surface area contributed by atoms with E-state index in [4.69, 9.17) is 11.6 Å². The van der Waals surface area contributed by atoms with Crippen molar-refractivity contribution in [2.24, 2.45) is 0 Å². The van der Waals surface area contributed by atoms with Gasteiger partial charge in [-0.3, -0.25) is 9.48 Å². The summed E-state index contributed by atoms with van der Waals surface area (Å²) in [5.74, 6) is 0.0672. The molecule has 0 aliphatic carbocycles. The average molecular weight is 375 g/mol. The van der Waals surface area contributed by atoms with Crippen molar-refractivity contribution in [3.05, 3.63) is 50.3 Å². The van der Waals surface area contributed by atoms with E-state index >= 15 is 0 Å². The van der Waals surface area contributed by atoms with E-state index in [2.05, 4.69) is 27.7 Å². The fraction of sp³-hybridized carbons (Fsp3) is 0.231. The molecule has 1 heterocycles. The fourth-order valence-electron chi connectivity index (χ4n) is 1.66. The van der Waals surface area contributed by atoms with Crippen LogP contribution in [0.3, 0.4) is 0 Å². The third-order valence-corrected chi connectivity index (χ3v) is 3.78. The molecule has 0 amide bonds. The summed E-state index contributed by atoms with van der Waals surface area (Å²) < 4.78 is 2.73. The van der Waals surface area contributed by atoms with E-state index in [-0.39, 0.29) is 5.78 Å². The van der Waals surface area contributed by atoms with Crippen LogP contribution in [0.1, 0.15) is 22.8 Å². The van der Waals surface area contributed by atoms with Crippen LogP contribution < -0.4 is 0 Å². The summed E-state index contributed by atoms with van der Waals surface area (Å²) in [6.45, 7) is 2.82. The summed E-state index contributed by atoms with van der Waals surface area (Å²) in [5.41, 5.74) is 1.60. The topological polar surface area (TPSA) is 34.9 Å². The third kappa shape index (κ3) is 3.11. The highest BCUT2D eigenvalue weighted by Crippen LogP contribution is 2.19. The molecule has 0 atom stereocenters. The van der Waals surface area contributed by atoms with Crippen molar-refractivity contribution in [2.45, 2.75) is 19.9 Å². The summed E-state index contributed by atoms with van der Waals surface area (Å²) in [7, 11) is 0. The van der Waals surface area contributed by atoms with Crippen LogP contribution in [0.4, 0.5) is 0 Å². The first-order chi connectivity index (χ1) is 8.60. The molecule has 0 N–H and O–H groups in total. The maximum absolute atomic E-state index is 12.2. The number of nitrogens with zero attached hydrogens (tertiary/aromatic N) is 2. The summed E-state index contributed by atoms with van der Waals surface area (Å²) in [6, 6.07) is 5.36. The van der Waals surface area contributed by atoms with Crippen LogP contribution in [-0.4, -0.2) is 15.6 Å². The molecule has 0 fully saturated rings. The van der Waals surface area contributed by atoms with Crippen molar-refractivity contribution in [1.29, 1.82) is 0 Å². The van der Waals surface area contributed by atoms with E-state index in [1.54, 1.807) is 18.3 Å². The standard InChI is InChI=1S/C13H12ClIN2O/c1-2-17-8-9(7-16-17)5-13(18)11-6-10(14)3-4-12(11)15/h3-4,6-8H,2,5H2,1H3. The average Bonchev–Trinajstić information content (AvgIpc) is 2.80. The van der Waals surface area contributed by atoms with E-state index < -0.39 is 0 Å². The van der Waals surface area contributed by atoms with Gasteiger partial charge in [0.05, 0.1) is 6.20 Å². The second-order valence-corrected chi connectivity index (χ2v) is 5.53. The quantitative estimate of drug-likeness (QED) is 0.605. The summed E-state index contributed by atoms with van der Waals surface area (Å²) in [5, 5.41) is 4.74. The summed E-state index contributed by atoms with van der Waals surface area (Å²) in [6.07, 6.45) is 3.99. The Morgan fingerprint density at radius 3 is 2.94 bits per heavy atom. The monoisotopic (exact) mass is 374 g/mol. The van der Waals surface area contributed by atoms with Gasteiger partial charge in [-0.1, -0.05) is 11.6 Å². The minimum absolute atomic E-state index is 0.0672. The van der Waals surface area contributed by atoms with Crippen molar-refractivity contribution < 1.29 is 4.79 Å². The first-order valence-electron chi connectivity index (χ1n) is 5.59. The molecular formula is C13H12ClIN2O. The number of benzene rings is 1. The van der Waals surface area contributed by atoms with E-state index in [0.29, 0.717) is 17.0 Å². The molecular weight excluding hydrogens is 363 g/mol. The number of Topliss-reactive ketones (excluding diaryl/α,β-unsaturated/α-hetero) is 1. The molecule has 94 valence electrons. The zero-order chi connectivity index (χ0) is 13.1. The molecule has 2 aromatic rings. The largest absolute Gasteiger partial charge is 0.294 e. The van der Waals surface area contributed by atoms with Gasteiger partial charge < -0.3 is 0 Å². The zero-order valence-electron chi connectivity index (χ0n) is 9.86. The highest BCUT2D eigenvalue weighted by atomic mass is 127. The van der Waals surface area contributed by atoms with Crippen molar-refractivity contribution in [1.82, 2.24) is 9.78 Å². The molecule has 0 radical (unpaired) electrons. The first-order valence-corrected chi connectivity index (χ1v) is 7.05. The fourth-order valence-corrected chi connectivity index (χ4v) is 2.47. The van der Waals surface area contributed by atoms with Crippen LogP contribution >= 0.6 is 34.2 Å². The number of carbonyl (C=O) groups excluding carboxylic acids is 1. The van der Waals surface area contributed by atoms with Crippen LogP contribution in [0.25, 0.3) is 0 Å². The molecule has 18 heavy (non-hydrogen) atoms. The highest BCUT2D eigenvalue weighted by Gasteiger charge is 2.12. The number of aryl methyl sites for hydroxylation is 1. The smallest absolute Gasteiger partial charge is 0.168 e. The lowest BCUT2D eigenvalue weighted by atomic mass is 10.1. The van der Waals surface area contributed by atoms with Crippen molar-refractivity contribution in [2.75, 3.05) is 0 Å². The molecule has 0 saturated heterocycles. The first kappa shape index (κ1) is 13.5. The molecule has 0 saturated carbocycles. The Balaban J connectivity index is 2.19. The predicted octanol–water partition coefficient (Wildman–Crippen LogP) is 3.59. The van der Waals surface area contributed by atoms with Crippen molar-refractivity contribution in [3.8, 4) is 0 Å². The number of aromatic nitrogens is 2. The number of ketones is 1.